The predicted molar refractivity (Wildman–Crippen MR) is 80.7 cm³/mol. The number of halogens is 1. The van der Waals surface area contributed by atoms with E-state index in [0.717, 1.165) is 11.0 Å². The molecule has 96 valence electrons. The van der Waals surface area contributed by atoms with E-state index in [2.05, 4.69) is 63.7 Å². The summed E-state index contributed by atoms with van der Waals surface area (Å²) < 4.78 is 1.03. The molecule has 0 aromatic carbocycles. The number of rotatable bonds is 5. The van der Waals surface area contributed by atoms with Crippen LogP contribution >= 0.6 is 27.3 Å². The fourth-order valence-electron chi connectivity index (χ4n) is 1.91. The highest BCUT2D eigenvalue weighted by Crippen LogP contribution is 2.26. The van der Waals surface area contributed by atoms with Crippen molar-refractivity contribution in [2.24, 2.45) is 5.92 Å². The quantitative estimate of drug-likeness (QED) is 0.882. The Morgan fingerprint density at radius 3 is 2.83 bits per heavy atom. The number of hydrogen-bond acceptors (Lipinski definition) is 3. The molecular formula is C14H17BrN2S. The number of aromatic nitrogens is 1. The van der Waals surface area contributed by atoms with Gasteiger partial charge in [0.2, 0.25) is 0 Å². The molecule has 1 atom stereocenters. The molecule has 18 heavy (non-hydrogen) atoms. The molecule has 1 unspecified atom stereocenters. The van der Waals surface area contributed by atoms with E-state index < -0.39 is 0 Å². The Labute approximate surface area is 121 Å². The van der Waals surface area contributed by atoms with Crippen molar-refractivity contribution in [2.75, 3.05) is 0 Å². The second-order valence-corrected chi connectivity index (χ2v) is 6.52. The fraction of sp³-hybridized carbons (Fsp3) is 0.357. The van der Waals surface area contributed by atoms with E-state index >= 15 is 0 Å². The lowest BCUT2D eigenvalue weighted by molar-refractivity contribution is 0.416. The summed E-state index contributed by atoms with van der Waals surface area (Å²) in [6, 6.07) is 6.81. The van der Waals surface area contributed by atoms with Gasteiger partial charge >= 0.3 is 0 Å². The van der Waals surface area contributed by atoms with Crippen LogP contribution in [0.5, 0.6) is 0 Å². The molecule has 0 bridgehead atoms. The van der Waals surface area contributed by atoms with Gasteiger partial charge in [0.1, 0.15) is 0 Å². The van der Waals surface area contributed by atoms with Crippen LogP contribution in [0.4, 0.5) is 0 Å². The third kappa shape index (κ3) is 3.64. The molecule has 0 aliphatic carbocycles. The summed E-state index contributed by atoms with van der Waals surface area (Å²) in [6.45, 7) is 5.33. The molecule has 2 heterocycles. The molecular weight excluding hydrogens is 308 g/mol. The zero-order valence-corrected chi connectivity index (χ0v) is 13.0. The van der Waals surface area contributed by atoms with Gasteiger partial charge in [-0.2, -0.15) is 0 Å². The van der Waals surface area contributed by atoms with Crippen LogP contribution in [0.3, 0.4) is 0 Å². The van der Waals surface area contributed by atoms with E-state index in [0.29, 0.717) is 12.0 Å². The molecule has 2 rings (SSSR count). The SMILES string of the molecule is CC(C)C(NCc1cncc(Br)c1)c1cccs1. The standard InChI is InChI=1S/C14H17BrN2S/c1-10(2)14(13-4-3-5-18-13)17-8-11-6-12(15)9-16-7-11/h3-7,9-10,14,17H,8H2,1-2H3. The minimum absolute atomic E-state index is 0.406. The van der Waals surface area contributed by atoms with Crippen molar-refractivity contribution in [3.63, 3.8) is 0 Å². The Bertz CT molecular complexity index is 482. The summed E-state index contributed by atoms with van der Waals surface area (Å²) in [6.07, 6.45) is 3.71. The van der Waals surface area contributed by atoms with Gasteiger partial charge in [0.05, 0.1) is 0 Å². The first-order valence-electron chi connectivity index (χ1n) is 6.03. The highest BCUT2D eigenvalue weighted by Gasteiger charge is 2.15. The molecule has 1 N–H and O–H groups in total. The van der Waals surface area contributed by atoms with Gasteiger partial charge in [-0.05, 0) is 44.9 Å². The van der Waals surface area contributed by atoms with Gasteiger partial charge in [-0.25, -0.2) is 0 Å². The van der Waals surface area contributed by atoms with Crippen LogP contribution in [-0.2, 0) is 6.54 Å². The maximum absolute atomic E-state index is 4.19. The molecule has 2 aromatic heterocycles. The maximum atomic E-state index is 4.19. The van der Waals surface area contributed by atoms with Crippen LogP contribution in [0.25, 0.3) is 0 Å². The molecule has 0 saturated carbocycles. The minimum Gasteiger partial charge on any atom is -0.305 e. The Balaban J connectivity index is 2.03. The zero-order chi connectivity index (χ0) is 13.0. The van der Waals surface area contributed by atoms with Gasteiger partial charge in [0, 0.05) is 34.3 Å². The minimum atomic E-state index is 0.406. The number of nitrogens with one attached hydrogen (secondary N) is 1. The predicted octanol–water partition coefficient (Wildman–Crippen LogP) is 4.39. The lowest BCUT2D eigenvalue weighted by Gasteiger charge is -2.21. The number of thiophene rings is 1. The topological polar surface area (TPSA) is 24.9 Å². The van der Waals surface area contributed by atoms with Crippen molar-refractivity contribution in [1.82, 2.24) is 10.3 Å². The Kier molecular flexibility index (Phi) is 4.92. The van der Waals surface area contributed by atoms with Crippen molar-refractivity contribution in [3.05, 3.63) is 50.9 Å². The van der Waals surface area contributed by atoms with Crippen molar-refractivity contribution in [3.8, 4) is 0 Å². The molecule has 0 fully saturated rings. The van der Waals surface area contributed by atoms with E-state index in [1.165, 1.54) is 10.4 Å². The number of nitrogens with zero attached hydrogens (tertiary/aromatic N) is 1. The largest absolute Gasteiger partial charge is 0.305 e. The average Bonchev–Trinajstić information content (AvgIpc) is 2.82. The monoisotopic (exact) mass is 324 g/mol. The van der Waals surface area contributed by atoms with E-state index in [-0.39, 0.29) is 0 Å². The third-order valence-corrected chi connectivity index (χ3v) is 4.19. The van der Waals surface area contributed by atoms with Crippen LogP contribution in [0.15, 0.2) is 40.4 Å². The molecule has 0 amide bonds. The first-order chi connectivity index (χ1) is 8.66. The van der Waals surface area contributed by atoms with E-state index in [1.54, 1.807) is 0 Å². The lowest BCUT2D eigenvalue weighted by Crippen LogP contribution is -2.24. The highest BCUT2D eigenvalue weighted by molar-refractivity contribution is 9.10. The summed E-state index contributed by atoms with van der Waals surface area (Å²) in [4.78, 5) is 5.58. The van der Waals surface area contributed by atoms with Crippen molar-refractivity contribution in [1.29, 1.82) is 0 Å². The van der Waals surface area contributed by atoms with E-state index in [9.17, 15) is 0 Å². The van der Waals surface area contributed by atoms with Crippen LogP contribution in [-0.4, -0.2) is 4.98 Å². The Hall–Kier alpha value is -0.710. The molecule has 0 radical (unpaired) electrons. The summed E-state index contributed by atoms with van der Waals surface area (Å²) in [5.41, 5.74) is 1.20. The van der Waals surface area contributed by atoms with Gasteiger partial charge in [-0.3, -0.25) is 4.98 Å². The normalized spacial score (nSPS) is 12.9. The molecule has 0 spiro atoms. The highest BCUT2D eigenvalue weighted by atomic mass is 79.9. The van der Waals surface area contributed by atoms with Crippen molar-refractivity contribution in [2.45, 2.75) is 26.4 Å². The second-order valence-electron chi connectivity index (χ2n) is 4.63. The molecule has 0 saturated heterocycles. The first-order valence-corrected chi connectivity index (χ1v) is 7.70. The van der Waals surface area contributed by atoms with Gasteiger partial charge in [0.15, 0.2) is 0 Å². The van der Waals surface area contributed by atoms with Gasteiger partial charge in [0.25, 0.3) is 0 Å². The van der Waals surface area contributed by atoms with Crippen molar-refractivity contribution < 1.29 is 0 Å². The number of hydrogen-bond donors (Lipinski definition) is 1. The fourth-order valence-corrected chi connectivity index (χ4v) is 3.30. The molecule has 4 heteroatoms. The zero-order valence-electron chi connectivity index (χ0n) is 10.6. The van der Waals surface area contributed by atoms with E-state index in [4.69, 9.17) is 0 Å². The Morgan fingerprint density at radius 1 is 1.39 bits per heavy atom. The van der Waals surface area contributed by atoms with Crippen LogP contribution < -0.4 is 5.32 Å². The second kappa shape index (κ2) is 6.45. The molecule has 0 aliphatic heterocycles. The van der Waals surface area contributed by atoms with Gasteiger partial charge < -0.3 is 5.32 Å². The molecule has 2 nitrogen and oxygen atoms in total. The summed E-state index contributed by atoms with van der Waals surface area (Å²) >= 11 is 5.26. The average molecular weight is 325 g/mol. The summed E-state index contributed by atoms with van der Waals surface area (Å²) in [5.74, 6) is 0.573. The third-order valence-electron chi connectivity index (χ3n) is 2.80. The van der Waals surface area contributed by atoms with Crippen molar-refractivity contribution >= 4 is 27.3 Å². The van der Waals surface area contributed by atoms with Crippen LogP contribution in [0.1, 0.15) is 30.3 Å². The summed E-state index contributed by atoms with van der Waals surface area (Å²) in [5, 5.41) is 5.75. The smallest absolute Gasteiger partial charge is 0.0440 e. The lowest BCUT2D eigenvalue weighted by atomic mass is 10.0. The molecule has 0 aliphatic rings. The van der Waals surface area contributed by atoms with Crippen LogP contribution in [0.2, 0.25) is 0 Å². The summed E-state index contributed by atoms with van der Waals surface area (Å²) in [7, 11) is 0. The van der Waals surface area contributed by atoms with Crippen LogP contribution in [0, 0.1) is 5.92 Å². The maximum Gasteiger partial charge on any atom is 0.0440 e. The Morgan fingerprint density at radius 2 is 2.22 bits per heavy atom. The van der Waals surface area contributed by atoms with Gasteiger partial charge in [-0.15, -0.1) is 11.3 Å². The number of pyridine rings is 1. The van der Waals surface area contributed by atoms with E-state index in [1.807, 2.05) is 23.7 Å². The first kappa shape index (κ1) is 13.7. The molecule has 2 aromatic rings. The van der Waals surface area contributed by atoms with Gasteiger partial charge in [-0.1, -0.05) is 19.9 Å².